The quantitative estimate of drug-likeness (QED) is 0.741. The van der Waals surface area contributed by atoms with Crippen LogP contribution in [0.3, 0.4) is 0 Å². The summed E-state index contributed by atoms with van der Waals surface area (Å²) >= 11 is 6.98. The number of carbonyl (C=O) groups excluding carboxylic acids is 1. The second kappa shape index (κ2) is 7.68. The first-order valence-electron chi connectivity index (χ1n) is 7.49. The third kappa shape index (κ3) is 4.59. The van der Waals surface area contributed by atoms with Gasteiger partial charge in [-0.1, -0.05) is 48.0 Å². The number of thioether (sulfide) groups is 1. The second-order valence-electron chi connectivity index (χ2n) is 5.38. The molecule has 1 aliphatic heterocycles. The maximum absolute atomic E-state index is 13.2. The molecule has 3 rings (SSSR count). The second-order valence-corrected chi connectivity index (χ2v) is 6.82. The van der Waals surface area contributed by atoms with E-state index in [1.165, 1.54) is 30.0 Å². The third-order valence-electron chi connectivity index (χ3n) is 3.34. The molecule has 0 radical (unpaired) electrons. The van der Waals surface area contributed by atoms with Gasteiger partial charge in [-0.05, 0) is 54.1 Å². The van der Waals surface area contributed by atoms with E-state index in [1.807, 2.05) is 49.4 Å². The lowest BCUT2D eigenvalue weighted by Crippen LogP contribution is -2.19. The maximum Gasteiger partial charge on any atom is 0.264 e. The highest BCUT2D eigenvalue weighted by molar-refractivity contribution is 8.18. The monoisotopic (exact) mass is 372 g/mol. The van der Waals surface area contributed by atoms with Crippen LogP contribution in [0, 0.1) is 5.82 Å². The van der Waals surface area contributed by atoms with Crippen LogP contribution in [0.15, 0.2) is 70.1 Å². The van der Waals surface area contributed by atoms with E-state index in [2.05, 4.69) is 10.3 Å². The van der Waals surface area contributed by atoms with Crippen molar-refractivity contribution in [3.63, 3.8) is 0 Å². The number of rotatable bonds is 3. The Morgan fingerprint density at radius 3 is 2.72 bits per heavy atom. The lowest BCUT2D eigenvalue weighted by atomic mass is 10.1. The highest BCUT2D eigenvalue weighted by Crippen LogP contribution is 2.29. The molecule has 126 valence electrons. The number of benzene rings is 2. The van der Waals surface area contributed by atoms with E-state index in [0.29, 0.717) is 15.8 Å². The van der Waals surface area contributed by atoms with Crippen molar-refractivity contribution in [1.29, 1.82) is 0 Å². The van der Waals surface area contributed by atoms with Gasteiger partial charge in [-0.2, -0.15) is 0 Å². The molecule has 6 heteroatoms. The average molecular weight is 373 g/mol. The molecule has 2 aromatic carbocycles. The molecular weight excluding hydrogens is 359 g/mol. The smallest absolute Gasteiger partial charge is 0.264 e. The lowest BCUT2D eigenvalue weighted by molar-refractivity contribution is -0.115. The van der Waals surface area contributed by atoms with Gasteiger partial charge in [0.25, 0.3) is 5.91 Å². The fourth-order valence-corrected chi connectivity index (χ4v) is 3.28. The SMILES string of the molecule is CC(=Cc1ccccc1)C=C1SC(=Nc2ccc(F)c(Cl)c2)NC1=O. The van der Waals surface area contributed by atoms with Crippen molar-refractivity contribution in [2.45, 2.75) is 6.92 Å². The van der Waals surface area contributed by atoms with Crippen molar-refractivity contribution >= 4 is 46.2 Å². The first-order chi connectivity index (χ1) is 12.0. The van der Waals surface area contributed by atoms with Crippen molar-refractivity contribution in [1.82, 2.24) is 5.32 Å². The summed E-state index contributed by atoms with van der Waals surface area (Å²) in [5.74, 6) is -0.714. The summed E-state index contributed by atoms with van der Waals surface area (Å²) in [4.78, 5) is 16.9. The molecule has 0 bridgehead atoms. The lowest BCUT2D eigenvalue weighted by Gasteiger charge is -1.98. The Hall–Kier alpha value is -2.37. The van der Waals surface area contributed by atoms with E-state index >= 15 is 0 Å². The van der Waals surface area contributed by atoms with Crippen LogP contribution < -0.4 is 5.32 Å². The predicted octanol–water partition coefficient (Wildman–Crippen LogP) is 5.32. The number of carbonyl (C=O) groups is 1. The number of halogens is 2. The zero-order chi connectivity index (χ0) is 17.8. The molecule has 0 atom stereocenters. The first-order valence-corrected chi connectivity index (χ1v) is 8.69. The third-order valence-corrected chi connectivity index (χ3v) is 4.54. The normalized spacial score (nSPS) is 18.0. The largest absolute Gasteiger partial charge is 0.300 e. The summed E-state index contributed by atoms with van der Waals surface area (Å²) in [5, 5.41) is 3.13. The van der Waals surface area contributed by atoms with Crippen LogP contribution in [0.4, 0.5) is 10.1 Å². The number of hydrogen-bond acceptors (Lipinski definition) is 3. The van der Waals surface area contributed by atoms with Crippen molar-refractivity contribution in [2.75, 3.05) is 0 Å². The fourth-order valence-electron chi connectivity index (χ4n) is 2.21. The van der Waals surface area contributed by atoms with Gasteiger partial charge < -0.3 is 5.32 Å². The highest BCUT2D eigenvalue weighted by atomic mass is 35.5. The fraction of sp³-hybridized carbons (Fsp3) is 0.0526. The number of amidine groups is 1. The molecule has 0 aliphatic carbocycles. The number of amides is 1. The molecule has 0 unspecified atom stereocenters. The van der Waals surface area contributed by atoms with Crippen LogP contribution in [0.5, 0.6) is 0 Å². The summed E-state index contributed by atoms with van der Waals surface area (Å²) in [5.41, 5.74) is 2.50. The Bertz CT molecular complexity index is 907. The number of hydrogen-bond donors (Lipinski definition) is 1. The highest BCUT2D eigenvalue weighted by Gasteiger charge is 2.23. The van der Waals surface area contributed by atoms with Gasteiger partial charge in [0.05, 0.1) is 15.6 Å². The molecule has 1 aliphatic rings. The van der Waals surface area contributed by atoms with Crippen molar-refractivity contribution in [3.8, 4) is 0 Å². The van der Waals surface area contributed by atoms with Gasteiger partial charge in [0.2, 0.25) is 0 Å². The van der Waals surface area contributed by atoms with Crippen molar-refractivity contribution in [3.05, 3.63) is 81.5 Å². The summed E-state index contributed by atoms with van der Waals surface area (Å²) < 4.78 is 13.2. The molecule has 25 heavy (non-hydrogen) atoms. The molecule has 0 aromatic heterocycles. The van der Waals surface area contributed by atoms with Gasteiger partial charge >= 0.3 is 0 Å². The summed E-state index contributed by atoms with van der Waals surface area (Å²) in [6.07, 6.45) is 3.81. The van der Waals surface area contributed by atoms with Crippen LogP contribution in [-0.2, 0) is 4.79 Å². The van der Waals surface area contributed by atoms with Crippen LogP contribution in [0.2, 0.25) is 5.02 Å². The van der Waals surface area contributed by atoms with Crippen molar-refractivity contribution < 1.29 is 9.18 Å². The molecule has 1 heterocycles. The molecule has 1 fully saturated rings. The molecule has 0 saturated carbocycles. The van der Waals surface area contributed by atoms with Gasteiger partial charge in [0.15, 0.2) is 5.17 Å². The minimum atomic E-state index is -0.504. The van der Waals surface area contributed by atoms with E-state index < -0.39 is 5.82 Å². The number of aliphatic imine (C=N–C) groups is 1. The van der Waals surface area contributed by atoms with Gasteiger partial charge in [-0.3, -0.25) is 4.79 Å². The molecule has 0 spiro atoms. The number of nitrogens with zero attached hydrogens (tertiary/aromatic N) is 1. The van der Waals surface area contributed by atoms with E-state index in [1.54, 1.807) is 0 Å². The van der Waals surface area contributed by atoms with Gasteiger partial charge in [0, 0.05) is 0 Å². The Morgan fingerprint density at radius 2 is 2.00 bits per heavy atom. The molecule has 2 aromatic rings. The zero-order valence-corrected chi connectivity index (χ0v) is 14.9. The van der Waals surface area contributed by atoms with Gasteiger partial charge in [0.1, 0.15) is 5.82 Å². The van der Waals surface area contributed by atoms with Gasteiger partial charge in [-0.25, -0.2) is 9.38 Å². The summed E-state index contributed by atoms with van der Waals surface area (Å²) in [6.45, 7) is 1.93. The van der Waals surface area contributed by atoms with Crippen LogP contribution in [0.25, 0.3) is 6.08 Å². The minimum Gasteiger partial charge on any atom is -0.300 e. The van der Waals surface area contributed by atoms with Crippen LogP contribution >= 0.6 is 23.4 Å². The summed E-state index contributed by atoms with van der Waals surface area (Å²) in [6, 6.07) is 14.0. The number of allylic oxidation sites excluding steroid dienone is 2. The number of nitrogens with one attached hydrogen (secondary N) is 1. The van der Waals surface area contributed by atoms with Crippen LogP contribution in [0.1, 0.15) is 12.5 Å². The minimum absolute atomic E-state index is 0.00595. The van der Waals surface area contributed by atoms with E-state index in [9.17, 15) is 9.18 Å². The topological polar surface area (TPSA) is 41.5 Å². The van der Waals surface area contributed by atoms with E-state index in [-0.39, 0.29) is 10.9 Å². The molecule has 1 N–H and O–H groups in total. The zero-order valence-electron chi connectivity index (χ0n) is 13.3. The predicted molar refractivity (Wildman–Crippen MR) is 102 cm³/mol. The van der Waals surface area contributed by atoms with E-state index in [4.69, 9.17) is 11.6 Å². The molecule has 1 saturated heterocycles. The first kappa shape index (κ1) is 17.5. The Balaban J connectivity index is 1.79. The average Bonchev–Trinajstić information content (AvgIpc) is 2.91. The molecule has 3 nitrogen and oxygen atoms in total. The maximum atomic E-state index is 13.2. The van der Waals surface area contributed by atoms with Crippen molar-refractivity contribution in [2.24, 2.45) is 4.99 Å². The Labute approximate surface area is 154 Å². The van der Waals surface area contributed by atoms with Gasteiger partial charge in [-0.15, -0.1) is 0 Å². The summed E-state index contributed by atoms with van der Waals surface area (Å²) in [7, 11) is 0. The Kier molecular flexibility index (Phi) is 5.36. The standard InChI is InChI=1S/C19H14ClFN2OS/c1-12(9-13-5-3-2-4-6-13)10-17-18(24)23-19(25-17)22-14-7-8-16(21)15(20)11-14/h2-11H,1H3,(H,22,23,24). The Morgan fingerprint density at radius 1 is 1.24 bits per heavy atom. The molecular formula is C19H14ClFN2OS. The molecule has 1 amide bonds. The van der Waals surface area contributed by atoms with Crippen LogP contribution in [-0.4, -0.2) is 11.1 Å². The van der Waals surface area contributed by atoms with E-state index in [0.717, 1.165) is 11.1 Å².